The molecule has 1 aromatic carbocycles. The van der Waals surface area contributed by atoms with Crippen LogP contribution in [0.2, 0.25) is 0 Å². The van der Waals surface area contributed by atoms with Crippen molar-refractivity contribution in [2.75, 3.05) is 19.6 Å². The van der Waals surface area contributed by atoms with Crippen molar-refractivity contribution in [3.8, 4) is 0 Å². The zero-order valence-corrected chi connectivity index (χ0v) is 11.4. The van der Waals surface area contributed by atoms with Crippen LogP contribution in [0, 0.1) is 5.82 Å². The third-order valence-electron chi connectivity index (χ3n) is 4.18. The molecule has 1 aromatic rings. The number of nitrogens with zero attached hydrogens (tertiary/aromatic N) is 1. The van der Waals surface area contributed by atoms with Crippen LogP contribution in [0.3, 0.4) is 0 Å². The molecular weight excluding hydrogens is 239 g/mol. The second-order valence-corrected chi connectivity index (χ2v) is 5.96. The SMILES string of the molecule is Fc1ccc(CCN2CCCC(NC3CC3)C2)cc1. The summed E-state index contributed by atoms with van der Waals surface area (Å²) in [6.45, 7) is 3.48. The highest BCUT2D eigenvalue weighted by atomic mass is 19.1. The Morgan fingerprint density at radius 2 is 1.89 bits per heavy atom. The first-order valence-corrected chi connectivity index (χ1v) is 7.52. The highest BCUT2D eigenvalue weighted by Crippen LogP contribution is 2.22. The lowest BCUT2D eigenvalue weighted by Gasteiger charge is -2.33. The number of halogens is 1. The summed E-state index contributed by atoms with van der Waals surface area (Å²) in [7, 11) is 0. The van der Waals surface area contributed by atoms with Crippen molar-refractivity contribution in [3.63, 3.8) is 0 Å². The molecule has 19 heavy (non-hydrogen) atoms. The molecule has 1 heterocycles. The van der Waals surface area contributed by atoms with E-state index < -0.39 is 0 Å². The fourth-order valence-corrected chi connectivity index (χ4v) is 2.92. The van der Waals surface area contributed by atoms with Crippen molar-refractivity contribution in [2.45, 2.75) is 44.2 Å². The van der Waals surface area contributed by atoms with Crippen molar-refractivity contribution in [3.05, 3.63) is 35.6 Å². The fourth-order valence-electron chi connectivity index (χ4n) is 2.92. The van der Waals surface area contributed by atoms with Gasteiger partial charge in [0.15, 0.2) is 0 Å². The zero-order chi connectivity index (χ0) is 13.1. The van der Waals surface area contributed by atoms with E-state index in [9.17, 15) is 4.39 Å². The Balaban J connectivity index is 1.44. The molecule has 0 radical (unpaired) electrons. The van der Waals surface area contributed by atoms with Gasteiger partial charge >= 0.3 is 0 Å². The van der Waals surface area contributed by atoms with E-state index in [1.165, 1.54) is 44.3 Å². The van der Waals surface area contributed by atoms with Crippen LogP contribution < -0.4 is 5.32 Å². The van der Waals surface area contributed by atoms with Gasteiger partial charge < -0.3 is 10.2 Å². The van der Waals surface area contributed by atoms with Gasteiger partial charge in [0.1, 0.15) is 5.82 Å². The van der Waals surface area contributed by atoms with Crippen LogP contribution in [-0.2, 0) is 6.42 Å². The van der Waals surface area contributed by atoms with Gasteiger partial charge in [0.25, 0.3) is 0 Å². The molecule has 1 atom stereocenters. The first kappa shape index (κ1) is 13.1. The minimum absolute atomic E-state index is 0.143. The standard InChI is InChI=1S/C16H23FN2/c17-14-5-3-13(4-6-14)9-11-19-10-1-2-16(12-19)18-15-7-8-15/h3-6,15-16,18H,1-2,7-12H2. The van der Waals surface area contributed by atoms with Crippen LogP contribution in [0.4, 0.5) is 4.39 Å². The highest BCUT2D eigenvalue weighted by molar-refractivity contribution is 5.16. The third kappa shape index (κ3) is 4.02. The fraction of sp³-hybridized carbons (Fsp3) is 0.625. The Morgan fingerprint density at radius 1 is 1.11 bits per heavy atom. The van der Waals surface area contributed by atoms with Gasteiger partial charge in [0.05, 0.1) is 0 Å². The summed E-state index contributed by atoms with van der Waals surface area (Å²) in [6, 6.07) is 8.42. The molecule has 1 aliphatic heterocycles. The Bertz CT molecular complexity index is 400. The number of hydrogen-bond acceptors (Lipinski definition) is 2. The van der Waals surface area contributed by atoms with Crippen LogP contribution in [0.1, 0.15) is 31.2 Å². The predicted octanol–water partition coefficient (Wildman–Crippen LogP) is 2.58. The monoisotopic (exact) mass is 262 g/mol. The maximum Gasteiger partial charge on any atom is 0.123 e. The van der Waals surface area contributed by atoms with Gasteiger partial charge in [0, 0.05) is 25.2 Å². The van der Waals surface area contributed by atoms with Crippen molar-refractivity contribution < 1.29 is 4.39 Å². The van der Waals surface area contributed by atoms with Crippen LogP contribution >= 0.6 is 0 Å². The van der Waals surface area contributed by atoms with E-state index in [1.807, 2.05) is 12.1 Å². The maximum atomic E-state index is 12.8. The smallest absolute Gasteiger partial charge is 0.123 e. The average molecular weight is 262 g/mol. The van der Waals surface area contributed by atoms with Gasteiger partial charge in [-0.1, -0.05) is 12.1 Å². The van der Waals surface area contributed by atoms with E-state index in [4.69, 9.17) is 0 Å². The van der Waals surface area contributed by atoms with Crippen molar-refractivity contribution in [2.24, 2.45) is 0 Å². The molecule has 3 heteroatoms. The Hall–Kier alpha value is -0.930. The molecule has 2 aliphatic rings. The Labute approximate surface area is 115 Å². The largest absolute Gasteiger partial charge is 0.310 e. The molecule has 1 saturated carbocycles. The lowest BCUT2D eigenvalue weighted by Crippen LogP contribution is -2.46. The number of hydrogen-bond donors (Lipinski definition) is 1. The average Bonchev–Trinajstić information content (AvgIpc) is 3.23. The molecule has 0 spiro atoms. The molecular formula is C16H23FN2. The summed E-state index contributed by atoms with van der Waals surface area (Å²) in [5, 5.41) is 3.74. The topological polar surface area (TPSA) is 15.3 Å². The first-order valence-electron chi connectivity index (χ1n) is 7.52. The molecule has 0 amide bonds. The molecule has 0 bridgehead atoms. The normalized spacial score (nSPS) is 24.6. The summed E-state index contributed by atoms with van der Waals surface area (Å²) in [5.74, 6) is -0.143. The maximum absolute atomic E-state index is 12.8. The van der Waals surface area contributed by atoms with Crippen molar-refractivity contribution >= 4 is 0 Å². The van der Waals surface area contributed by atoms with Crippen LogP contribution in [0.25, 0.3) is 0 Å². The molecule has 104 valence electrons. The second-order valence-electron chi connectivity index (χ2n) is 5.96. The summed E-state index contributed by atoms with van der Waals surface area (Å²) >= 11 is 0. The van der Waals surface area contributed by atoms with Crippen LogP contribution in [-0.4, -0.2) is 36.6 Å². The first-order chi connectivity index (χ1) is 9.29. The van der Waals surface area contributed by atoms with Crippen molar-refractivity contribution in [1.29, 1.82) is 0 Å². The molecule has 1 aliphatic carbocycles. The number of piperidine rings is 1. The summed E-state index contributed by atoms with van der Waals surface area (Å²) < 4.78 is 12.8. The van der Waals surface area contributed by atoms with E-state index in [0.717, 1.165) is 19.0 Å². The van der Waals surface area contributed by atoms with Crippen LogP contribution in [0.5, 0.6) is 0 Å². The molecule has 1 unspecified atom stereocenters. The van der Waals surface area contributed by atoms with E-state index in [2.05, 4.69) is 10.2 Å². The number of nitrogens with one attached hydrogen (secondary N) is 1. The van der Waals surface area contributed by atoms with E-state index >= 15 is 0 Å². The zero-order valence-electron chi connectivity index (χ0n) is 11.4. The molecule has 2 fully saturated rings. The molecule has 1 saturated heterocycles. The minimum atomic E-state index is -0.143. The Morgan fingerprint density at radius 3 is 2.63 bits per heavy atom. The van der Waals surface area contributed by atoms with E-state index in [1.54, 1.807) is 12.1 Å². The van der Waals surface area contributed by atoms with Gasteiger partial charge in [-0.3, -0.25) is 0 Å². The van der Waals surface area contributed by atoms with Gasteiger partial charge in [0.2, 0.25) is 0 Å². The quantitative estimate of drug-likeness (QED) is 0.877. The van der Waals surface area contributed by atoms with Gasteiger partial charge in [-0.25, -0.2) is 4.39 Å². The molecule has 3 rings (SSSR count). The molecule has 2 nitrogen and oxygen atoms in total. The van der Waals surface area contributed by atoms with Crippen LogP contribution in [0.15, 0.2) is 24.3 Å². The number of rotatable bonds is 5. The highest BCUT2D eigenvalue weighted by Gasteiger charge is 2.27. The van der Waals surface area contributed by atoms with Gasteiger partial charge in [-0.15, -0.1) is 0 Å². The summed E-state index contributed by atoms with van der Waals surface area (Å²) in [5.41, 5.74) is 1.23. The van der Waals surface area contributed by atoms with Crippen molar-refractivity contribution in [1.82, 2.24) is 10.2 Å². The number of benzene rings is 1. The minimum Gasteiger partial charge on any atom is -0.310 e. The van der Waals surface area contributed by atoms with Gasteiger partial charge in [-0.2, -0.15) is 0 Å². The molecule has 0 aromatic heterocycles. The van der Waals surface area contributed by atoms with E-state index in [0.29, 0.717) is 6.04 Å². The predicted molar refractivity (Wildman–Crippen MR) is 75.7 cm³/mol. The molecule has 1 N–H and O–H groups in total. The second kappa shape index (κ2) is 6.02. The summed E-state index contributed by atoms with van der Waals surface area (Å²) in [4.78, 5) is 2.55. The Kier molecular flexibility index (Phi) is 4.14. The third-order valence-corrected chi connectivity index (χ3v) is 4.18. The van der Waals surface area contributed by atoms with E-state index in [-0.39, 0.29) is 5.82 Å². The lowest BCUT2D eigenvalue weighted by atomic mass is 10.0. The number of likely N-dealkylation sites (tertiary alicyclic amines) is 1. The van der Waals surface area contributed by atoms with Gasteiger partial charge in [-0.05, 0) is 56.3 Å². The summed E-state index contributed by atoms with van der Waals surface area (Å²) in [6.07, 6.45) is 6.38. The lowest BCUT2D eigenvalue weighted by molar-refractivity contribution is 0.191.